The lowest BCUT2D eigenvalue weighted by Gasteiger charge is -2.38. The summed E-state index contributed by atoms with van der Waals surface area (Å²) in [6.45, 7) is 8.22. The monoisotopic (exact) mass is 494 g/mol. The Morgan fingerprint density at radius 1 is 1.00 bits per heavy atom. The van der Waals surface area contributed by atoms with Gasteiger partial charge in [-0.05, 0) is 43.7 Å². The summed E-state index contributed by atoms with van der Waals surface area (Å²) in [5.41, 5.74) is 2.86. The van der Waals surface area contributed by atoms with Crippen LogP contribution in [-0.4, -0.2) is 69.9 Å². The molecule has 2 aromatic carbocycles. The number of ether oxygens (including phenoxy) is 3. The van der Waals surface area contributed by atoms with Crippen LogP contribution in [0, 0.1) is 0 Å². The summed E-state index contributed by atoms with van der Waals surface area (Å²) >= 11 is 0. The fraction of sp³-hybridized carbons (Fsp3) is 0.407. The minimum atomic E-state index is -0.613. The molecule has 4 rings (SSSR count). The highest BCUT2D eigenvalue weighted by Gasteiger charge is 2.34. The first-order chi connectivity index (χ1) is 17.5. The van der Waals surface area contributed by atoms with Crippen LogP contribution < -0.4 is 25.0 Å². The van der Waals surface area contributed by atoms with Crippen LogP contribution in [0.25, 0.3) is 0 Å². The van der Waals surface area contributed by atoms with Crippen molar-refractivity contribution in [2.75, 3.05) is 57.9 Å². The van der Waals surface area contributed by atoms with Gasteiger partial charge in [-0.3, -0.25) is 4.90 Å². The van der Waals surface area contributed by atoms with Gasteiger partial charge in [0.25, 0.3) is 0 Å². The van der Waals surface area contributed by atoms with E-state index in [1.165, 1.54) is 0 Å². The summed E-state index contributed by atoms with van der Waals surface area (Å²) in [5.74, 6) is 1.14. The van der Waals surface area contributed by atoms with Crippen molar-refractivity contribution in [3.05, 3.63) is 65.4 Å². The van der Waals surface area contributed by atoms with Crippen molar-refractivity contribution in [1.82, 2.24) is 15.5 Å². The average Bonchev–Trinajstić information content (AvgIpc) is 2.89. The summed E-state index contributed by atoms with van der Waals surface area (Å²) in [6.07, 6.45) is 0. The Morgan fingerprint density at radius 3 is 2.39 bits per heavy atom. The highest BCUT2D eigenvalue weighted by molar-refractivity contribution is 5.95. The van der Waals surface area contributed by atoms with Crippen molar-refractivity contribution in [2.45, 2.75) is 19.9 Å². The molecule has 9 heteroatoms. The van der Waals surface area contributed by atoms with Crippen LogP contribution in [0.2, 0.25) is 0 Å². The van der Waals surface area contributed by atoms with E-state index in [-0.39, 0.29) is 12.6 Å². The van der Waals surface area contributed by atoms with Gasteiger partial charge in [0.1, 0.15) is 11.5 Å². The first kappa shape index (κ1) is 25.4. The number of methoxy groups -OCH3 is 1. The zero-order chi connectivity index (χ0) is 25.5. The third kappa shape index (κ3) is 5.73. The second-order valence-corrected chi connectivity index (χ2v) is 8.58. The Morgan fingerprint density at radius 2 is 1.72 bits per heavy atom. The van der Waals surface area contributed by atoms with E-state index in [0.29, 0.717) is 30.2 Å². The lowest BCUT2D eigenvalue weighted by Crippen LogP contribution is -2.51. The molecular weight excluding hydrogens is 460 g/mol. The molecule has 1 atom stereocenters. The predicted molar refractivity (Wildman–Crippen MR) is 137 cm³/mol. The van der Waals surface area contributed by atoms with Crippen molar-refractivity contribution >= 4 is 17.7 Å². The quantitative estimate of drug-likeness (QED) is 0.518. The van der Waals surface area contributed by atoms with Crippen molar-refractivity contribution in [1.29, 1.82) is 0 Å². The highest BCUT2D eigenvalue weighted by atomic mass is 16.5. The van der Waals surface area contributed by atoms with Gasteiger partial charge in [0, 0.05) is 38.4 Å². The molecule has 0 spiro atoms. The van der Waals surface area contributed by atoms with E-state index in [9.17, 15) is 9.59 Å². The summed E-state index contributed by atoms with van der Waals surface area (Å²) in [7, 11) is 1.60. The molecule has 2 aliphatic heterocycles. The van der Waals surface area contributed by atoms with Crippen LogP contribution in [0.3, 0.4) is 0 Å². The minimum absolute atomic E-state index is 0.247. The Balaban J connectivity index is 1.54. The molecule has 2 aliphatic rings. The molecule has 0 aliphatic carbocycles. The number of nitrogens with one attached hydrogen (secondary N) is 2. The number of nitrogens with zero attached hydrogens (tertiary/aromatic N) is 2. The lowest BCUT2D eigenvalue weighted by atomic mass is 9.94. The lowest BCUT2D eigenvalue weighted by molar-refractivity contribution is -0.139. The van der Waals surface area contributed by atoms with Gasteiger partial charge in [-0.2, -0.15) is 0 Å². The van der Waals surface area contributed by atoms with Gasteiger partial charge in [0.05, 0.1) is 37.6 Å². The standard InChI is InChI=1S/C27H34N4O5/c1-4-35-23-9-7-6-8-22(23)31-16-14-30(15-17-31)18-21-24(26(32)36-5-2)25(29-27(33)28-21)19-10-12-20(34-3)13-11-19/h6-13,25H,4-5,14-18H2,1-3H3,(H2,28,29,33)/t25-/m0/s1. The van der Waals surface area contributed by atoms with Gasteiger partial charge < -0.3 is 29.7 Å². The van der Waals surface area contributed by atoms with Gasteiger partial charge in [-0.25, -0.2) is 9.59 Å². The number of para-hydroxylation sites is 2. The molecular formula is C27H34N4O5. The smallest absolute Gasteiger partial charge is 0.338 e. The molecule has 2 amide bonds. The van der Waals surface area contributed by atoms with Crippen molar-refractivity contribution in [3.63, 3.8) is 0 Å². The Labute approximate surface area is 212 Å². The fourth-order valence-corrected chi connectivity index (χ4v) is 4.61. The maximum atomic E-state index is 13.1. The van der Waals surface area contributed by atoms with E-state index in [1.54, 1.807) is 14.0 Å². The number of esters is 1. The Bertz CT molecular complexity index is 1090. The van der Waals surface area contributed by atoms with Crippen LogP contribution in [0.1, 0.15) is 25.5 Å². The van der Waals surface area contributed by atoms with Gasteiger partial charge in [0.15, 0.2) is 0 Å². The molecule has 36 heavy (non-hydrogen) atoms. The number of amides is 2. The van der Waals surface area contributed by atoms with Gasteiger partial charge in [-0.15, -0.1) is 0 Å². The molecule has 1 fully saturated rings. The number of hydrogen-bond acceptors (Lipinski definition) is 7. The summed E-state index contributed by atoms with van der Waals surface area (Å²) in [6, 6.07) is 14.4. The molecule has 2 heterocycles. The Hall–Kier alpha value is -3.72. The molecule has 2 N–H and O–H groups in total. The summed E-state index contributed by atoms with van der Waals surface area (Å²) in [5, 5.41) is 5.76. The number of anilines is 1. The van der Waals surface area contributed by atoms with E-state index in [1.807, 2.05) is 49.4 Å². The number of benzene rings is 2. The zero-order valence-electron chi connectivity index (χ0n) is 21.1. The molecule has 0 unspecified atom stereocenters. The number of urea groups is 1. The number of piperazine rings is 1. The first-order valence-electron chi connectivity index (χ1n) is 12.3. The van der Waals surface area contributed by atoms with Crippen molar-refractivity contribution < 1.29 is 23.8 Å². The first-order valence-corrected chi connectivity index (χ1v) is 12.3. The zero-order valence-corrected chi connectivity index (χ0v) is 21.1. The Kier molecular flexibility index (Phi) is 8.32. The van der Waals surface area contributed by atoms with E-state index in [2.05, 4.69) is 26.5 Å². The molecule has 0 bridgehead atoms. The third-order valence-corrected chi connectivity index (χ3v) is 6.36. The van der Waals surface area contributed by atoms with Crippen LogP contribution in [-0.2, 0) is 9.53 Å². The van der Waals surface area contributed by atoms with Crippen LogP contribution in [0.15, 0.2) is 59.8 Å². The average molecular weight is 495 g/mol. The van der Waals surface area contributed by atoms with Gasteiger partial charge >= 0.3 is 12.0 Å². The molecule has 2 aromatic rings. The van der Waals surface area contributed by atoms with Crippen molar-refractivity contribution in [2.24, 2.45) is 0 Å². The number of carbonyl (C=O) groups excluding carboxylic acids is 2. The SMILES string of the molecule is CCOC(=O)C1=C(CN2CCN(c3ccccc3OCC)CC2)NC(=O)N[C@H]1c1ccc(OC)cc1. The van der Waals surface area contributed by atoms with E-state index in [0.717, 1.165) is 43.2 Å². The van der Waals surface area contributed by atoms with E-state index in [4.69, 9.17) is 14.2 Å². The second kappa shape index (κ2) is 11.8. The van der Waals surface area contributed by atoms with Crippen LogP contribution >= 0.6 is 0 Å². The molecule has 0 saturated carbocycles. The maximum absolute atomic E-state index is 13.1. The molecule has 9 nitrogen and oxygen atoms in total. The largest absolute Gasteiger partial charge is 0.497 e. The second-order valence-electron chi connectivity index (χ2n) is 8.58. The summed E-state index contributed by atoms with van der Waals surface area (Å²) in [4.78, 5) is 30.2. The summed E-state index contributed by atoms with van der Waals surface area (Å²) < 4.78 is 16.4. The minimum Gasteiger partial charge on any atom is -0.497 e. The fourth-order valence-electron chi connectivity index (χ4n) is 4.61. The third-order valence-electron chi connectivity index (χ3n) is 6.36. The molecule has 0 aromatic heterocycles. The predicted octanol–water partition coefficient (Wildman–Crippen LogP) is 3.09. The molecule has 0 radical (unpaired) electrons. The normalized spacial score (nSPS) is 18.4. The van der Waals surface area contributed by atoms with Gasteiger partial charge in [-0.1, -0.05) is 24.3 Å². The maximum Gasteiger partial charge on any atom is 0.338 e. The van der Waals surface area contributed by atoms with Crippen LogP contribution in [0.5, 0.6) is 11.5 Å². The van der Waals surface area contributed by atoms with Crippen LogP contribution in [0.4, 0.5) is 10.5 Å². The number of rotatable bonds is 9. The van der Waals surface area contributed by atoms with Gasteiger partial charge in [0.2, 0.25) is 0 Å². The number of carbonyl (C=O) groups is 2. The highest BCUT2D eigenvalue weighted by Crippen LogP contribution is 2.31. The van der Waals surface area contributed by atoms with E-state index >= 15 is 0 Å². The topological polar surface area (TPSA) is 92.4 Å². The molecule has 192 valence electrons. The molecule has 1 saturated heterocycles. The number of hydrogen-bond donors (Lipinski definition) is 2. The van der Waals surface area contributed by atoms with E-state index < -0.39 is 12.0 Å². The van der Waals surface area contributed by atoms with Crippen molar-refractivity contribution in [3.8, 4) is 11.5 Å².